The van der Waals surface area contributed by atoms with Crippen LogP contribution in [0.3, 0.4) is 0 Å². The van der Waals surface area contributed by atoms with E-state index in [0.29, 0.717) is 17.0 Å². The lowest BCUT2D eigenvalue weighted by Gasteiger charge is -2.11. The molecule has 0 spiro atoms. The van der Waals surface area contributed by atoms with Crippen LogP contribution in [0.5, 0.6) is 0 Å². The van der Waals surface area contributed by atoms with Crippen molar-refractivity contribution in [3.05, 3.63) is 23.7 Å². The number of aromatic nitrogens is 3. The molecule has 0 aromatic carbocycles. The summed E-state index contributed by atoms with van der Waals surface area (Å²) in [6.07, 6.45) is -2.69. The summed E-state index contributed by atoms with van der Waals surface area (Å²) in [5.41, 5.74) is 2.25. The molecule has 0 radical (unpaired) electrons. The van der Waals surface area contributed by atoms with E-state index in [4.69, 9.17) is 11.6 Å². The molecule has 0 amide bonds. The van der Waals surface area contributed by atoms with E-state index in [1.165, 1.54) is 0 Å². The van der Waals surface area contributed by atoms with Crippen LogP contribution < -0.4 is 0 Å². The molecule has 0 saturated carbocycles. The molecule has 2 aromatic heterocycles. The summed E-state index contributed by atoms with van der Waals surface area (Å²) in [6, 6.07) is 1.82. The lowest BCUT2D eigenvalue weighted by molar-refractivity contribution is -0.174. The first-order valence-corrected chi connectivity index (χ1v) is 6.83. The predicted octanol–water partition coefficient (Wildman–Crippen LogP) is 3.62. The van der Waals surface area contributed by atoms with Crippen LogP contribution in [-0.2, 0) is 11.3 Å². The zero-order valence-electron chi connectivity index (χ0n) is 11.6. The van der Waals surface area contributed by atoms with Crippen molar-refractivity contribution >= 4 is 22.8 Å². The van der Waals surface area contributed by atoms with Crippen molar-refractivity contribution in [2.24, 2.45) is 0 Å². The minimum Gasteiger partial charge on any atom is -0.370 e. The fraction of sp³-hybridized carbons (Fsp3) is 0.538. The van der Waals surface area contributed by atoms with Crippen molar-refractivity contribution < 1.29 is 17.9 Å². The number of hydrogen-bond donors (Lipinski definition) is 0. The molecular weight excluding hydrogens is 307 g/mol. The van der Waals surface area contributed by atoms with Crippen LogP contribution in [0.25, 0.3) is 11.2 Å². The van der Waals surface area contributed by atoms with Crippen LogP contribution in [0.2, 0.25) is 0 Å². The van der Waals surface area contributed by atoms with Crippen molar-refractivity contribution in [3.63, 3.8) is 0 Å². The van der Waals surface area contributed by atoms with E-state index in [-0.39, 0.29) is 18.5 Å². The summed E-state index contributed by atoms with van der Waals surface area (Å²) < 4.78 is 42.5. The van der Waals surface area contributed by atoms with Gasteiger partial charge in [-0.05, 0) is 25.5 Å². The molecule has 2 rings (SSSR count). The first-order chi connectivity index (χ1) is 9.79. The van der Waals surface area contributed by atoms with Gasteiger partial charge in [0, 0.05) is 12.7 Å². The fourth-order valence-corrected chi connectivity index (χ4v) is 2.19. The van der Waals surface area contributed by atoms with Crippen molar-refractivity contribution in [3.8, 4) is 0 Å². The van der Waals surface area contributed by atoms with Crippen LogP contribution >= 0.6 is 11.6 Å². The van der Waals surface area contributed by atoms with Crippen molar-refractivity contribution in [2.75, 3.05) is 13.2 Å². The maximum absolute atomic E-state index is 12.1. The van der Waals surface area contributed by atoms with Crippen LogP contribution in [0.15, 0.2) is 12.3 Å². The Kier molecular flexibility index (Phi) is 4.73. The summed E-state index contributed by atoms with van der Waals surface area (Å²) >= 11 is 6.09. The first kappa shape index (κ1) is 16.0. The van der Waals surface area contributed by atoms with Gasteiger partial charge in [0.15, 0.2) is 5.65 Å². The van der Waals surface area contributed by atoms with E-state index < -0.39 is 12.8 Å². The minimum absolute atomic E-state index is 0.0861. The Labute approximate surface area is 124 Å². The highest BCUT2D eigenvalue weighted by Crippen LogP contribution is 2.25. The molecule has 2 aromatic rings. The number of rotatable bonds is 5. The van der Waals surface area contributed by atoms with Crippen molar-refractivity contribution in [2.45, 2.75) is 31.9 Å². The molecule has 0 saturated heterocycles. The third-order valence-electron chi connectivity index (χ3n) is 2.95. The van der Waals surface area contributed by atoms with Crippen LogP contribution in [-0.4, -0.2) is 33.9 Å². The van der Waals surface area contributed by atoms with Gasteiger partial charge in [0.25, 0.3) is 0 Å². The molecular formula is C13H15ClF3N3O. The molecule has 1 unspecified atom stereocenters. The predicted molar refractivity (Wildman–Crippen MR) is 73.4 cm³/mol. The zero-order chi connectivity index (χ0) is 15.6. The summed E-state index contributed by atoms with van der Waals surface area (Å²) in [6.45, 7) is 2.51. The number of hydrogen-bond acceptors (Lipinski definition) is 3. The zero-order valence-corrected chi connectivity index (χ0v) is 12.4. The van der Waals surface area contributed by atoms with Gasteiger partial charge in [0.05, 0.1) is 12.0 Å². The van der Waals surface area contributed by atoms with Gasteiger partial charge in [0.2, 0.25) is 0 Å². The van der Waals surface area contributed by atoms with E-state index in [1.807, 2.05) is 13.0 Å². The topological polar surface area (TPSA) is 39.9 Å². The van der Waals surface area contributed by atoms with E-state index in [2.05, 4.69) is 14.7 Å². The molecule has 8 heteroatoms. The second kappa shape index (κ2) is 6.19. The van der Waals surface area contributed by atoms with Gasteiger partial charge < -0.3 is 9.30 Å². The van der Waals surface area contributed by atoms with Crippen LogP contribution in [0.1, 0.15) is 23.7 Å². The minimum atomic E-state index is -4.32. The molecule has 21 heavy (non-hydrogen) atoms. The molecule has 116 valence electrons. The Balaban J connectivity index is 2.21. The van der Waals surface area contributed by atoms with Crippen LogP contribution in [0.4, 0.5) is 13.2 Å². The summed E-state index contributed by atoms with van der Waals surface area (Å²) in [4.78, 5) is 8.67. The molecule has 0 fully saturated rings. The second-order valence-corrected chi connectivity index (χ2v) is 5.36. The number of pyridine rings is 1. The third-order valence-corrected chi connectivity index (χ3v) is 3.14. The van der Waals surface area contributed by atoms with E-state index in [1.54, 1.807) is 17.7 Å². The number of alkyl halides is 4. The van der Waals surface area contributed by atoms with Gasteiger partial charge in [-0.25, -0.2) is 9.97 Å². The van der Waals surface area contributed by atoms with E-state index >= 15 is 0 Å². The quantitative estimate of drug-likeness (QED) is 0.624. The van der Waals surface area contributed by atoms with Crippen molar-refractivity contribution in [1.29, 1.82) is 0 Å². The summed E-state index contributed by atoms with van der Waals surface area (Å²) in [7, 11) is 0. The lowest BCUT2D eigenvalue weighted by atomic mass is 10.3. The molecule has 4 nitrogen and oxygen atoms in total. The number of nitrogens with zero attached hydrogens (tertiary/aromatic N) is 3. The maximum Gasteiger partial charge on any atom is 0.411 e. The molecule has 0 aliphatic carbocycles. The highest BCUT2D eigenvalue weighted by molar-refractivity contribution is 6.20. The highest BCUT2D eigenvalue weighted by atomic mass is 35.5. The SMILES string of the molecule is Cc1ccnc2c1nc(C(C)Cl)n2CCOCC(F)(F)F. The highest BCUT2D eigenvalue weighted by Gasteiger charge is 2.27. The fourth-order valence-electron chi connectivity index (χ4n) is 2.02. The smallest absolute Gasteiger partial charge is 0.370 e. The molecule has 0 N–H and O–H groups in total. The van der Waals surface area contributed by atoms with Gasteiger partial charge in [-0.2, -0.15) is 13.2 Å². The average Bonchev–Trinajstić information content (AvgIpc) is 2.74. The molecule has 0 aliphatic rings. The number of imidazole rings is 1. The van der Waals surface area contributed by atoms with Gasteiger partial charge in [0.1, 0.15) is 17.9 Å². The average molecular weight is 322 g/mol. The Hall–Kier alpha value is -1.34. The van der Waals surface area contributed by atoms with Gasteiger partial charge in [-0.3, -0.25) is 0 Å². The lowest BCUT2D eigenvalue weighted by Crippen LogP contribution is -2.19. The monoisotopic (exact) mass is 321 g/mol. The molecule has 1 atom stereocenters. The van der Waals surface area contributed by atoms with Gasteiger partial charge in [-0.15, -0.1) is 11.6 Å². The number of aryl methyl sites for hydroxylation is 1. The molecule has 0 bridgehead atoms. The largest absolute Gasteiger partial charge is 0.411 e. The Morgan fingerprint density at radius 2 is 2.14 bits per heavy atom. The standard InChI is InChI=1S/C13H15ClF3N3O/c1-8-3-4-18-12-10(8)19-11(9(2)14)20(12)5-6-21-7-13(15,16)17/h3-4,9H,5-7H2,1-2H3. The van der Waals surface area contributed by atoms with E-state index in [9.17, 15) is 13.2 Å². The third kappa shape index (κ3) is 3.85. The second-order valence-electron chi connectivity index (χ2n) is 4.71. The number of ether oxygens (including phenoxy) is 1. The van der Waals surface area contributed by atoms with E-state index in [0.717, 1.165) is 5.56 Å². The Morgan fingerprint density at radius 3 is 2.76 bits per heavy atom. The Morgan fingerprint density at radius 1 is 1.43 bits per heavy atom. The molecule has 0 aliphatic heterocycles. The summed E-state index contributed by atoms with van der Waals surface area (Å²) in [5, 5.41) is -0.374. The number of halogens is 4. The normalized spacial score (nSPS) is 13.8. The summed E-state index contributed by atoms with van der Waals surface area (Å²) in [5.74, 6) is 0.573. The van der Waals surface area contributed by atoms with Crippen molar-refractivity contribution in [1.82, 2.24) is 14.5 Å². The number of fused-ring (bicyclic) bond motifs is 1. The van der Waals surface area contributed by atoms with Gasteiger partial charge >= 0.3 is 6.18 Å². The van der Waals surface area contributed by atoms with Crippen LogP contribution in [0, 0.1) is 6.92 Å². The van der Waals surface area contributed by atoms with Gasteiger partial charge in [-0.1, -0.05) is 0 Å². The Bertz CT molecular complexity index is 625. The maximum atomic E-state index is 12.1. The first-order valence-electron chi connectivity index (χ1n) is 6.40. The molecule has 2 heterocycles.